The van der Waals surface area contributed by atoms with Crippen molar-refractivity contribution in [1.82, 2.24) is 10.3 Å². The maximum absolute atomic E-state index is 12.3. The highest BCUT2D eigenvalue weighted by Crippen LogP contribution is 2.27. The average Bonchev–Trinajstić information content (AvgIpc) is 2.92. The second kappa shape index (κ2) is 13.5. The molecule has 190 valence electrons. The Morgan fingerprint density at radius 1 is 1.06 bits per heavy atom. The quantitative estimate of drug-likeness (QED) is 0.221. The van der Waals surface area contributed by atoms with Gasteiger partial charge in [-0.1, -0.05) is 12.7 Å². The zero-order chi connectivity index (χ0) is 25.8. The topological polar surface area (TPSA) is 128 Å². The smallest absolute Gasteiger partial charge is 0.329 e. The van der Waals surface area contributed by atoms with E-state index in [1.807, 2.05) is 0 Å². The van der Waals surface area contributed by atoms with Crippen LogP contribution in [0.15, 0.2) is 60.2 Å². The van der Waals surface area contributed by atoms with Crippen LogP contribution < -0.4 is 25.0 Å². The van der Waals surface area contributed by atoms with E-state index in [0.717, 1.165) is 0 Å². The lowest BCUT2D eigenvalue weighted by molar-refractivity contribution is -0.137. The maximum atomic E-state index is 12.3. The first-order valence-corrected chi connectivity index (χ1v) is 11.1. The Balaban J connectivity index is 1.49. The number of rotatable bonds is 10. The van der Waals surface area contributed by atoms with Crippen molar-refractivity contribution < 1.29 is 33.3 Å². The van der Waals surface area contributed by atoms with Crippen molar-refractivity contribution in [1.29, 1.82) is 0 Å². The molecule has 1 heterocycles. The molecule has 1 fully saturated rings. The largest absolute Gasteiger partial charge is 0.493 e. The van der Waals surface area contributed by atoms with Gasteiger partial charge in [0.2, 0.25) is 0 Å². The van der Waals surface area contributed by atoms with E-state index in [0.29, 0.717) is 61.4 Å². The molecule has 0 saturated carbocycles. The van der Waals surface area contributed by atoms with Crippen molar-refractivity contribution in [2.75, 3.05) is 51.9 Å². The molecule has 36 heavy (non-hydrogen) atoms. The van der Waals surface area contributed by atoms with Gasteiger partial charge in [-0.2, -0.15) is 5.10 Å². The van der Waals surface area contributed by atoms with Crippen molar-refractivity contribution in [3.05, 3.63) is 60.7 Å². The van der Waals surface area contributed by atoms with Gasteiger partial charge in [-0.05, 0) is 48.0 Å². The van der Waals surface area contributed by atoms with Crippen LogP contribution in [0.5, 0.6) is 17.2 Å². The molecular formula is C25H28N4O7. The number of hydrazone groups is 1. The third-order valence-electron chi connectivity index (χ3n) is 4.97. The summed E-state index contributed by atoms with van der Waals surface area (Å²) in [6, 6.07) is 11.5. The Labute approximate surface area is 208 Å². The van der Waals surface area contributed by atoms with E-state index in [-0.39, 0.29) is 12.5 Å². The summed E-state index contributed by atoms with van der Waals surface area (Å²) in [4.78, 5) is 38.1. The molecule has 2 aromatic carbocycles. The van der Waals surface area contributed by atoms with Gasteiger partial charge in [-0.3, -0.25) is 14.4 Å². The van der Waals surface area contributed by atoms with Crippen molar-refractivity contribution >= 4 is 29.6 Å². The monoisotopic (exact) mass is 496 g/mol. The molecule has 3 rings (SSSR count). The van der Waals surface area contributed by atoms with Crippen LogP contribution in [-0.4, -0.2) is 75.5 Å². The molecule has 0 radical (unpaired) electrons. The molecule has 3 amide bonds. The van der Waals surface area contributed by atoms with Crippen LogP contribution in [-0.2, 0) is 19.1 Å². The van der Waals surface area contributed by atoms with Crippen LogP contribution in [0, 0.1) is 0 Å². The summed E-state index contributed by atoms with van der Waals surface area (Å²) in [5.74, 6) is -0.565. The van der Waals surface area contributed by atoms with Gasteiger partial charge < -0.3 is 29.2 Å². The van der Waals surface area contributed by atoms with Crippen LogP contribution >= 0.6 is 0 Å². The van der Waals surface area contributed by atoms with Gasteiger partial charge in [-0.15, -0.1) is 0 Å². The fourth-order valence-electron chi connectivity index (χ4n) is 3.12. The number of nitrogens with one attached hydrogen (secondary N) is 2. The molecule has 2 aromatic rings. The van der Waals surface area contributed by atoms with Crippen molar-refractivity contribution in [3.63, 3.8) is 0 Å². The number of hydrogen-bond donors (Lipinski definition) is 2. The Morgan fingerprint density at radius 2 is 1.81 bits per heavy atom. The Morgan fingerprint density at radius 3 is 2.50 bits per heavy atom. The Hall–Kier alpha value is -4.38. The molecule has 1 aliphatic heterocycles. The number of morpholine rings is 1. The van der Waals surface area contributed by atoms with Crippen molar-refractivity contribution in [3.8, 4) is 17.2 Å². The lowest BCUT2D eigenvalue weighted by atomic mass is 10.2. The van der Waals surface area contributed by atoms with Crippen LogP contribution in [0.2, 0.25) is 0 Å². The number of anilines is 1. The van der Waals surface area contributed by atoms with E-state index in [4.69, 9.17) is 18.9 Å². The van der Waals surface area contributed by atoms with Gasteiger partial charge in [-0.25, -0.2) is 5.43 Å². The van der Waals surface area contributed by atoms with Gasteiger partial charge in [0.05, 0.1) is 26.5 Å². The molecular weight excluding hydrogens is 468 g/mol. The summed E-state index contributed by atoms with van der Waals surface area (Å²) in [7, 11) is 1.47. The van der Waals surface area contributed by atoms with Crippen LogP contribution in [0.1, 0.15) is 5.56 Å². The van der Waals surface area contributed by atoms with Crippen molar-refractivity contribution in [2.24, 2.45) is 5.10 Å². The lowest BCUT2D eigenvalue weighted by Crippen LogP contribution is -2.43. The summed E-state index contributed by atoms with van der Waals surface area (Å²) in [5.41, 5.74) is 3.18. The van der Waals surface area contributed by atoms with Crippen molar-refractivity contribution in [2.45, 2.75) is 0 Å². The normalized spacial score (nSPS) is 13.1. The number of methoxy groups -OCH3 is 1. The first-order valence-electron chi connectivity index (χ1n) is 11.1. The molecule has 0 atom stereocenters. The summed E-state index contributed by atoms with van der Waals surface area (Å²) >= 11 is 0. The highest BCUT2D eigenvalue weighted by atomic mass is 16.5. The van der Waals surface area contributed by atoms with Gasteiger partial charge in [0.25, 0.3) is 5.91 Å². The predicted molar refractivity (Wildman–Crippen MR) is 132 cm³/mol. The van der Waals surface area contributed by atoms with E-state index in [1.165, 1.54) is 13.3 Å². The zero-order valence-corrected chi connectivity index (χ0v) is 19.9. The number of benzene rings is 2. The van der Waals surface area contributed by atoms with E-state index < -0.39 is 11.8 Å². The third-order valence-corrected chi connectivity index (χ3v) is 4.97. The number of carbonyl (C=O) groups is 3. The number of amides is 3. The standard InChI is InChI=1S/C25H28N4O7/c1-3-12-35-20-7-5-19(6-8-20)27-24(31)25(32)28-26-16-18-4-9-21(22(15-18)33-2)36-17-23(30)29-10-13-34-14-11-29/h3-9,15-16H,1,10-14,17H2,2H3,(H,27,31)(H,28,32)/b26-16-. The van der Waals surface area contributed by atoms with Gasteiger partial charge in [0.15, 0.2) is 18.1 Å². The molecule has 1 saturated heterocycles. The van der Waals surface area contributed by atoms with E-state index in [2.05, 4.69) is 22.4 Å². The van der Waals surface area contributed by atoms with E-state index in [1.54, 1.807) is 53.4 Å². The van der Waals surface area contributed by atoms with Crippen LogP contribution in [0.3, 0.4) is 0 Å². The summed E-state index contributed by atoms with van der Waals surface area (Å²) in [5, 5.41) is 6.28. The number of carbonyl (C=O) groups excluding carboxylic acids is 3. The summed E-state index contributed by atoms with van der Waals surface area (Å²) < 4.78 is 21.6. The number of nitrogens with zero attached hydrogens (tertiary/aromatic N) is 2. The molecule has 1 aliphatic rings. The average molecular weight is 497 g/mol. The van der Waals surface area contributed by atoms with E-state index >= 15 is 0 Å². The molecule has 0 unspecified atom stereocenters. The zero-order valence-electron chi connectivity index (χ0n) is 19.9. The minimum atomic E-state index is -0.938. The molecule has 11 heteroatoms. The molecule has 0 aliphatic carbocycles. The first kappa shape index (κ1) is 26.2. The van der Waals surface area contributed by atoms with Crippen LogP contribution in [0.4, 0.5) is 5.69 Å². The lowest BCUT2D eigenvalue weighted by Gasteiger charge is -2.26. The molecule has 0 aromatic heterocycles. The Kier molecular flexibility index (Phi) is 9.83. The Bertz CT molecular complexity index is 1100. The van der Waals surface area contributed by atoms with E-state index in [9.17, 15) is 14.4 Å². The third kappa shape index (κ3) is 7.84. The molecule has 2 N–H and O–H groups in total. The van der Waals surface area contributed by atoms with Gasteiger partial charge in [0, 0.05) is 18.8 Å². The number of ether oxygens (including phenoxy) is 4. The summed E-state index contributed by atoms with van der Waals surface area (Å²) in [6.07, 6.45) is 2.97. The summed E-state index contributed by atoms with van der Waals surface area (Å²) in [6.45, 7) is 5.91. The molecule has 0 bridgehead atoms. The van der Waals surface area contributed by atoms with Gasteiger partial charge in [0.1, 0.15) is 12.4 Å². The minimum absolute atomic E-state index is 0.125. The second-order valence-electron chi connectivity index (χ2n) is 7.47. The highest BCUT2D eigenvalue weighted by molar-refractivity contribution is 6.39. The number of hydrogen-bond acceptors (Lipinski definition) is 8. The fraction of sp³-hybridized carbons (Fsp3) is 0.280. The fourth-order valence-corrected chi connectivity index (χ4v) is 3.12. The maximum Gasteiger partial charge on any atom is 0.329 e. The van der Waals surface area contributed by atoms with Gasteiger partial charge >= 0.3 is 11.8 Å². The SMILES string of the molecule is C=CCOc1ccc(NC(=O)C(=O)N/N=C\c2ccc(OCC(=O)N3CCOCC3)c(OC)c2)cc1. The second-order valence-corrected chi connectivity index (χ2v) is 7.47. The highest BCUT2D eigenvalue weighted by Gasteiger charge is 2.18. The minimum Gasteiger partial charge on any atom is -0.493 e. The predicted octanol–water partition coefficient (Wildman–Crippen LogP) is 1.59. The molecule has 11 nitrogen and oxygen atoms in total. The first-order chi connectivity index (χ1) is 17.5. The van der Waals surface area contributed by atoms with Crippen LogP contribution in [0.25, 0.3) is 0 Å². The molecule has 0 spiro atoms.